The third-order valence-electron chi connectivity index (χ3n) is 3.50. The number of para-hydroxylation sites is 1. The number of halogens is 1. The van der Waals surface area contributed by atoms with Crippen molar-refractivity contribution < 1.29 is 9.90 Å². The molecule has 0 aliphatic carbocycles. The van der Waals surface area contributed by atoms with Crippen molar-refractivity contribution in [3.8, 4) is 5.69 Å². The van der Waals surface area contributed by atoms with Crippen LogP contribution in [-0.4, -0.2) is 20.6 Å². The molecule has 0 aliphatic heterocycles. The van der Waals surface area contributed by atoms with Crippen molar-refractivity contribution in [1.29, 1.82) is 0 Å². The van der Waals surface area contributed by atoms with Crippen molar-refractivity contribution in [3.63, 3.8) is 0 Å². The molecule has 21 heavy (non-hydrogen) atoms. The summed E-state index contributed by atoms with van der Waals surface area (Å²) in [6.45, 7) is 3.78. The Kier molecular flexibility index (Phi) is 3.18. The van der Waals surface area contributed by atoms with Gasteiger partial charge in [-0.1, -0.05) is 23.7 Å². The van der Waals surface area contributed by atoms with E-state index in [0.717, 1.165) is 22.6 Å². The van der Waals surface area contributed by atoms with Gasteiger partial charge in [0.05, 0.1) is 11.1 Å². The molecule has 0 saturated carbocycles. The summed E-state index contributed by atoms with van der Waals surface area (Å²) in [6, 6.07) is 10.9. The van der Waals surface area contributed by atoms with E-state index in [2.05, 4.69) is 4.98 Å². The molecule has 1 aromatic heterocycles. The fourth-order valence-corrected chi connectivity index (χ4v) is 2.61. The molecule has 0 saturated heterocycles. The number of imidazole rings is 1. The summed E-state index contributed by atoms with van der Waals surface area (Å²) < 4.78 is 1.91. The molecule has 2 aromatic carbocycles. The maximum atomic E-state index is 11.3. The maximum absolute atomic E-state index is 11.3. The van der Waals surface area contributed by atoms with Crippen LogP contribution >= 0.6 is 11.6 Å². The molecule has 5 heteroatoms. The van der Waals surface area contributed by atoms with Crippen molar-refractivity contribution in [1.82, 2.24) is 9.55 Å². The Hall–Kier alpha value is -2.33. The highest BCUT2D eigenvalue weighted by atomic mass is 35.5. The van der Waals surface area contributed by atoms with Gasteiger partial charge >= 0.3 is 5.97 Å². The standard InChI is InChI=1S/C16H13ClN2O2/c1-9-6-7-11(8-13(9)17)19-10(2)18-15-12(16(20)21)4-3-5-14(15)19/h3-8H,1-2H3,(H,20,21). The molecule has 1 N–H and O–H groups in total. The van der Waals surface area contributed by atoms with Crippen molar-refractivity contribution in [2.75, 3.05) is 0 Å². The second-order valence-corrected chi connectivity index (χ2v) is 5.31. The molecule has 4 nitrogen and oxygen atoms in total. The monoisotopic (exact) mass is 300 g/mol. The zero-order valence-electron chi connectivity index (χ0n) is 11.6. The summed E-state index contributed by atoms with van der Waals surface area (Å²) in [5, 5.41) is 9.93. The second-order valence-electron chi connectivity index (χ2n) is 4.91. The number of carboxylic acids is 1. The number of carbonyl (C=O) groups is 1. The van der Waals surface area contributed by atoms with E-state index in [0.29, 0.717) is 10.5 Å². The lowest BCUT2D eigenvalue weighted by atomic mass is 10.2. The van der Waals surface area contributed by atoms with Gasteiger partial charge in [0, 0.05) is 10.7 Å². The number of aromatic nitrogens is 2. The number of aromatic carboxylic acids is 1. The van der Waals surface area contributed by atoms with E-state index in [1.54, 1.807) is 12.1 Å². The zero-order valence-corrected chi connectivity index (χ0v) is 12.3. The van der Waals surface area contributed by atoms with E-state index in [1.807, 2.05) is 42.7 Å². The Balaban J connectivity index is 2.32. The topological polar surface area (TPSA) is 55.1 Å². The van der Waals surface area contributed by atoms with Gasteiger partial charge in [0.2, 0.25) is 0 Å². The van der Waals surface area contributed by atoms with Crippen LogP contribution in [0.2, 0.25) is 5.02 Å². The zero-order chi connectivity index (χ0) is 15.1. The third-order valence-corrected chi connectivity index (χ3v) is 3.90. The molecule has 0 atom stereocenters. The predicted molar refractivity (Wildman–Crippen MR) is 82.5 cm³/mol. The second kappa shape index (κ2) is 4.90. The van der Waals surface area contributed by atoms with Gasteiger partial charge in [-0.2, -0.15) is 0 Å². The fraction of sp³-hybridized carbons (Fsp3) is 0.125. The van der Waals surface area contributed by atoms with Gasteiger partial charge in [-0.15, -0.1) is 0 Å². The summed E-state index contributed by atoms with van der Waals surface area (Å²) in [6.07, 6.45) is 0. The summed E-state index contributed by atoms with van der Waals surface area (Å²) in [4.78, 5) is 15.7. The number of hydrogen-bond donors (Lipinski definition) is 1. The van der Waals surface area contributed by atoms with E-state index < -0.39 is 5.97 Å². The van der Waals surface area contributed by atoms with Crippen LogP contribution in [0.15, 0.2) is 36.4 Å². The van der Waals surface area contributed by atoms with Gasteiger partial charge in [0.15, 0.2) is 0 Å². The highest BCUT2D eigenvalue weighted by Gasteiger charge is 2.16. The van der Waals surface area contributed by atoms with E-state index >= 15 is 0 Å². The van der Waals surface area contributed by atoms with Crippen LogP contribution in [0.5, 0.6) is 0 Å². The number of carboxylic acid groups (broad SMARTS) is 1. The molecule has 3 rings (SSSR count). The first-order valence-corrected chi connectivity index (χ1v) is 6.84. The Morgan fingerprint density at radius 3 is 2.67 bits per heavy atom. The maximum Gasteiger partial charge on any atom is 0.337 e. The van der Waals surface area contributed by atoms with Crippen molar-refractivity contribution in [2.45, 2.75) is 13.8 Å². The third kappa shape index (κ3) is 2.17. The molecular formula is C16H13ClN2O2. The first-order chi connectivity index (χ1) is 9.99. The molecule has 0 unspecified atom stereocenters. The predicted octanol–water partition coefficient (Wildman–Crippen LogP) is 3.99. The Bertz CT molecular complexity index is 868. The van der Waals surface area contributed by atoms with E-state index in [-0.39, 0.29) is 5.56 Å². The largest absolute Gasteiger partial charge is 0.478 e. The Morgan fingerprint density at radius 1 is 1.24 bits per heavy atom. The number of hydrogen-bond acceptors (Lipinski definition) is 2. The molecule has 0 bridgehead atoms. The van der Waals surface area contributed by atoms with Crippen LogP contribution < -0.4 is 0 Å². The van der Waals surface area contributed by atoms with Crippen LogP contribution in [0, 0.1) is 13.8 Å². The molecule has 0 aliphatic rings. The van der Waals surface area contributed by atoms with Crippen molar-refractivity contribution >= 4 is 28.6 Å². The molecular weight excluding hydrogens is 288 g/mol. The number of rotatable bonds is 2. The highest BCUT2D eigenvalue weighted by molar-refractivity contribution is 6.31. The van der Waals surface area contributed by atoms with E-state index in [4.69, 9.17) is 11.6 Å². The highest BCUT2D eigenvalue weighted by Crippen LogP contribution is 2.26. The molecule has 0 spiro atoms. The van der Waals surface area contributed by atoms with Crippen LogP contribution in [0.25, 0.3) is 16.7 Å². The van der Waals surface area contributed by atoms with Crippen molar-refractivity contribution in [3.05, 3.63) is 58.4 Å². The summed E-state index contributed by atoms with van der Waals surface area (Å²) in [5.74, 6) is -0.259. The van der Waals surface area contributed by atoms with Crippen molar-refractivity contribution in [2.24, 2.45) is 0 Å². The fourth-order valence-electron chi connectivity index (χ4n) is 2.43. The number of fused-ring (bicyclic) bond motifs is 1. The molecule has 0 fully saturated rings. The average Bonchev–Trinajstić information content (AvgIpc) is 2.77. The lowest BCUT2D eigenvalue weighted by Crippen LogP contribution is -1.98. The molecule has 106 valence electrons. The van der Waals surface area contributed by atoms with Gasteiger partial charge in [-0.25, -0.2) is 9.78 Å². The minimum absolute atomic E-state index is 0.201. The Labute approximate surface area is 126 Å². The molecule has 3 aromatic rings. The minimum Gasteiger partial charge on any atom is -0.478 e. The van der Waals surface area contributed by atoms with E-state index in [1.165, 1.54) is 0 Å². The minimum atomic E-state index is -0.979. The smallest absolute Gasteiger partial charge is 0.337 e. The molecule has 1 heterocycles. The first kappa shape index (κ1) is 13.6. The van der Waals surface area contributed by atoms with Crippen LogP contribution in [-0.2, 0) is 0 Å². The van der Waals surface area contributed by atoms with E-state index in [9.17, 15) is 9.90 Å². The van der Waals surface area contributed by atoms with Gasteiger partial charge in [0.1, 0.15) is 11.3 Å². The molecule has 0 radical (unpaired) electrons. The van der Waals surface area contributed by atoms with Crippen LogP contribution in [0.3, 0.4) is 0 Å². The SMILES string of the molecule is Cc1ccc(-n2c(C)nc3c(C(=O)O)cccc32)cc1Cl. The number of nitrogens with zero attached hydrogens (tertiary/aromatic N) is 2. The number of aryl methyl sites for hydroxylation is 2. The summed E-state index contributed by atoms with van der Waals surface area (Å²) in [7, 11) is 0. The summed E-state index contributed by atoms with van der Waals surface area (Å²) >= 11 is 6.19. The normalized spacial score (nSPS) is 11.0. The summed E-state index contributed by atoms with van der Waals surface area (Å²) in [5.41, 5.74) is 3.31. The van der Waals surface area contributed by atoms with Gasteiger partial charge < -0.3 is 5.11 Å². The van der Waals surface area contributed by atoms with Gasteiger partial charge in [-0.05, 0) is 43.7 Å². The van der Waals surface area contributed by atoms with Gasteiger partial charge in [-0.3, -0.25) is 4.57 Å². The quantitative estimate of drug-likeness (QED) is 0.778. The molecule has 0 amide bonds. The number of benzene rings is 2. The van der Waals surface area contributed by atoms with Crippen LogP contribution in [0.1, 0.15) is 21.7 Å². The lowest BCUT2D eigenvalue weighted by molar-refractivity contribution is 0.0699. The lowest BCUT2D eigenvalue weighted by Gasteiger charge is -2.08. The first-order valence-electron chi connectivity index (χ1n) is 6.47. The Morgan fingerprint density at radius 2 is 2.00 bits per heavy atom. The van der Waals surface area contributed by atoms with Crippen LogP contribution in [0.4, 0.5) is 0 Å². The van der Waals surface area contributed by atoms with Gasteiger partial charge in [0.25, 0.3) is 0 Å². The average molecular weight is 301 g/mol.